The van der Waals surface area contributed by atoms with Crippen molar-refractivity contribution < 1.29 is 4.79 Å². The number of aromatic nitrogens is 2. The van der Waals surface area contributed by atoms with Crippen LogP contribution in [-0.4, -0.2) is 15.9 Å². The van der Waals surface area contributed by atoms with Crippen molar-refractivity contribution in [3.8, 4) is 0 Å². The lowest BCUT2D eigenvalue weighted by Gasteiger charge is -2.01. The summed E-state index contributed by atoms with van der Waals surface area (Å²) in [6, 6.07) is 4.95. The molecule has 1 amide bonds. The van der Waals surface area contributed by atoms with Crippen LogP contribution in [-0.2, 0) is 6.42 Å². The molecule has 0 aliphatic rings. The maximum absolute atomic E-state index is 11.9. The van der Waals surface area contributed by atoms with Crippen LogP contribution in [0.5, 0.6) is 0 Å². The molecule has 0 saturated carbocycles. The van der Waals surface area contributed by atoms with Crippen molar-refractivity contribution in [1.82, 2.24) is 9.97 Å². The minimum Gasteiger partial charge on any atom is -0.384 e. The van der Waals surface area contributed by atoms with Gasteiger partial charge in [-0.05, 0) is 25.5 Å². The third kappa shape index (κ3) is 3.65. The second kappa shape index (κ2) is 6.49. The molecule has 0 aliphatic carbocycles. The largest absolute Gasteiger partial charge is 0.384 e. The van der Waals surface area contributed by atoms with Crippen molar-refractivity contribution in [1.29, 1.82) is 0 Å². The number of nitrogens with two attached hydrogens (primary N) is 1. The molecule has 0 aliphatic heterocycles. The normalized spacial score (nSPS) is 9.79. The van der Waals surface area contributed by atoms with E-state index >= 15 is 0 Å². The number of aryl methyl sites for hydroxylation is 2. The van der Waals surface area contributed by atoms with Crippen molar-refractivity contribution in [3.63, 3.8) is 0 Å². The standard InChI is InChI=1S/C12H14N4OS.ClH/c1-3-8-7(2)18-12(15-8)16-11(17)9-5-4-6-10(13)14-9;/h4-6H,3H2,1-2H3,(H2,13,14)(H,15,16,17);1H. The maximum atomic E-state index is 11.9. The average Bonchev–Trinajstić information content (AvgIpc) is 2.69. The van der Waals surface area contributed by atoms with Crippen LogP contribution >= 0.6 is 23.7 Å². The molecule has 0 bridgehead atoms. The summed E-state index contributed by atoms with van der Waals surface area (Å²) in [5.74, 6) is 0.0333. The van der Waals surface area contributed by atoms with Gasteiger partial charge in [-0.1, -0.05) is 13.0 Å². The predicted molar refractivity (Wildman–Crippen MR) is 80.1 cm³/mol. The number of hydrogen-bond acceptors (Lipinski definition) is 5. The number of nitrogens with zero attached hydrogens (tertiary/aromatic N) is 2. The molecule has 0 unspecified atom stereocenters. The summed E-state index contributed by atoms with van der Waals surface area (Å²) in [6.45, 7) is 4.03. The van der Waals surface area contributed by atoms with Crippen molar-refractivity contribution in [2.24, 2.45) is 0 Å². The van der Waals surface area contributed by atoms with Gasteiger partial charge in [0.2, 0.25) is 0 Å². The highest BCUT2D eigenvalue weighted by molar-refractivity contribution is 7.15. The van der Waals surface area contributed by atoms with E-state index in [1.165, 1.54) is 11.3 Å². The highest BCUT2D eigenvalue weighted by Crippen LogP contribution is 2.22. The van der Waals surface area contributed by atoms with E-state index < -0.39 is 0 Å². The van der Waals surface area contributed by atoms with Gasteiger partial charge in [0.15, 0.2) is 5.13 Å². The molecule has 5 nitrogen and oxygen atoms in total. The predicted octanol–water partition coefficient (Wildman–Crippen LogP) is 2.67. The number of nitrogen functional groups attached to an aromatic ring is 1. The van der Waals surface area contributed by atoms with E-state index in [1.807, 2.05) is 13.8 Å². The number of rotatable bonds is 3. The first-order valence-corrected chi connectivity index (χ1v) is 6.42. The summed E-state index contributed by atoms with van der Waals surface area (Å²) in [6.07, 6.45) is 0.856. The van der Waals surface area contributed by atoms with Gasteiger partial charge in [-0.25, -0.2) is 9.97 Å². The lowest BCUT2D eigenvalue weighted by Crippen LogP contribution is -2.14. The molecule has 19 heavy (non-hydrogen) atoms. The van der Waals surface area contributed by atoms with Gasteiger partial charge in [0.1, 0.15) is 11.5 Å². The summed E-state index contributed by atoms with van der Waals surface area (Å²) in [5, 5.41) is 3.33. The summed E-state index contributed by atoms with van der Waals surface area (Å²) in [5.41, 5.74) is 6.84. The van der Waals surface area contributed by atoms with E-state index in [9.17, 15) is 4.79 Å². The van der Waals surface area contributed by atoms with Crippen molar-refractivity contribution in [3.05, 3.63) is 34.5 Å². The van der Waals surface area contributed by atoms with Gasteiger partial charge >= 0.3 is 0 Å². The van der Waals surface area contributed by atoms with Gasteiger partial charge in [0, 0.05) is 4.88 Å². The number of anilines is 2. The van der Waals surface area contributed by atoms with Gasteiger partial charge < -0.3 is 5.73 Å². The first-order chi connectivity index (χ1) is 8.60. The van der Waals surface area contributed by atoms with E-state index in [4.69, 9.17) is 5.73 Å². The Morgan fingerprint density at radius 3 is 2.74 bits per heavy atom. The number of carbonyl (C=O) groups is 1. The van der Waals surface area contributed by atoms with Crippen LogP contribution in [0.2, 0.25) is 0 Å². The van der Waals surface area contributed by atoms with Crippen LogP contribution in [0.15, 0.2) is 18.2 Å². The fourth-order valence-corrected chi connectivity index (χ4v) is 2.45. The summed E-state index contributed by atoms with van der Waals surface area (Å²) in [7, 11) is 0. The summed E-state index contributed by atoms with van der Waals surface area (Å²) >= 11 is 1.46. The topological polar surface area (TPSA) is 80.9 Å². The number of halogens is 1. The SMILES string of the molecule is CCc1nc(NC(=O)c2cccc(N)n2)sc1C.Cl. The first kappa shape index (κ1) is 15.4. The Bertz CT molecular complexity index is 585. The molecule has 0 aromatic carbocycles. The van der Waals surface area contributed by atoms with Crippen LogP contribution in [0.3, 0.4) is 0 Å². The molecule has 0 radical (unpaired) electrons. The summed E-state index contributed by atoms with van der Waals surface area (Å²) in [4.78, 5) is 21.3. The second-order valence-corrected chi connectivity index (χ2v) is 4.98. The first-order valence-electron chi connectivity index (χ1n) is 5.60. The number of nitrogens with one attached hydrogen (secondary N) is 1. The Balaban J connectivity index is 0.00000180. The molecule has 7 heteroatoms. The van der Waals surface area contributed by atoms with Gasteiger partial charge in [-0.15, -0.1) is 23.7 Å². The van der Waals surface area contributed by atoms with Gasteiger partial charge in [0.25, 0.3) is 5.91 Å². The highest BCUT2D eigenvalue weighted by Gasteiger charge is 2.12. The van der Waals surface area contributed by atoms with E-state index in [1.54, 1.807) is 18.2 Å². The Labute approximate surface area is 121 Å². The molecular formula is C12H15ClN4OS. The van der Waals surface area contributed by atoms with Crippen LogP contribution in [0.4, 0.5) is 10.9 Å². The Hall–Kier alpha value is -1.66. The number of carbonyl (C=O) groups excluding carboxylic acids is 1. The quantitative estimate of drug-likeness (QED) is 0.913. The molecule has 0 saturated heterocycles. The molecule has 2 aromatic rings. The van der Waals surface area contributed by atoms with E-state index in [0.29, 0.717) is 16.6 Å². The molecule has 2 heterocycles. The Morgan fingerprint density at radius 1 is 1.42 bits per heavy atom. The van der Waals surface area contributed by atoms with Gasteiger partial charge in [0.05, 0.1) is 5.69 Å². The maximum Gasteiger partial charge on any atom is 0.276 e. The molecule has 2 aromatic heterocycles. The van der Waals surface area contributed by atoms with Crippen molar-refractivity contribution >= 4 is 40.6 Å². The fourth-order valence-electron chi connectivity index (χ4n) is 1.55. The third-order valence-electron chi connectivity index (χ3n) is 2.45. The van der Waals surface area contributed by atoms with Crippen molar-refractivity contribution in [2.75, 3.05) is 11.1 Å². The van der Waals surface area contributed by atoms with Crippen molar-refractivity contribution in [2.45, 2.75) is 20.3 Å². The molecule has 0 spiro atoms. The zero-order chi connectivity index (χ0) is 13.1. The number of pyridine rings is 1. The lowest BCUT2D eigenvalue weighted by atomic mass is 10.3. The molecule has 0 atom stereocenters. The van der Waals surface area contributed by atoms with E-state index in [2.05, 4.69) is 15.3 Å². The minimum atomic E-state index is -0.293. The van der Waals surface area contributed by atoms with Crippen LogP contribution in [0.25, 0.3) is 0 Å². The molecule has 102 valence electrons. The molecular weight excluding hydrogens is 284 g/mol. The summed E-state index contributed by atoms with van der Waals surface area (Å²) < 4.78 is 0. The zero-order valence-electron chi connectivity index (χ0n) is 10.6. The minimum absolute atomic E-state index is 0. The average molecular weight is 299 g/mol. The van der Waals surface area contributed by atoms with Crippen LogP contribution in [0.1, 0.15) is 28.0 Å². The fraction of sp³-hybridized carbons (Fsp3) is 0.250. The van der Waals surface area contributed by atoms with Crippen LogP contribution in [0, 0.1) is 6.92 Å². The monoisotopic (exact) mass is 298 g/mol. The lowest BCUT2D eigenvalue weighted by molar-refractivity contribution is 0.102. The second-order valence-electron chi connectivity index (χ2n) is 3.78. The smallest absolute Gasteiger partial charge is 0.276 e. The van der Waals surface area contributed by atoms with Gasteiger partial charge in [-0.3, -0.25) is 10.1 Å². The Morgan fingerprint density at radius 2 is 2.16 bits per heavy atom. The Kier molecular flexibility index (Phi) is 5.26. The number of thiazole rings is 1. The third-order valence-corrected chi connectivity index (χ3v) is 3.38. The highest BCUT2D eigenvalue weighted by atomic mass is 35.5. The van der Waals surface area contributed by atoms with E-state index in [0.717, 1.165) is 17.0 Å². The number of amides is 1. The number of hydrogen-bond donors (Lipinski definition) is 2. The van der Waals surface area contributed by atoms with Crippen LogP contribution < -0.4 is 11.1 Å². The molecule has 2 rings (SSSR count). The zero-order valence-corrected chi connectivity index (χ0v) is 12.3. The molecule has 3 N–H and O–H groups in total. The van der Waals surface area contributed by atoms with Gasteiger partial charge in [-0.2, -0.15) is 0 Å². The molecule has 0 fully saturated rings. The van der Waals surface area contributed by atoms with E-state index in [-0.39, 0.29) is 18.3 Å².